The van der Waals surface area contributed by atoms with Crippen molar-refractivity contribution in [2.45, 2.75) is 45.3 Å². The minimum Gasteiger partial charge on any atom is -0.447 e. The number of amides is 1. The van der Waals surface area contributed by atoms with Crippen LogP contribution in [0.1, 0.15) is 43.5 Å². The first-order valence-corrected chi connectivity index (χ1v) is 12.2. The molecule has 1 fully saturated rings. The third-order valence-electron chi connectivity index (χ3n) is 6.12. The highest BCUT2D eigenvalue weighted by atomic mass is 16.5. The summed E-state index contributed by atoms with van der Waals surface area (Å²) < 4.78 is 12.8. The van der Waals surface area contributed by atoms with E-state index in [1.807, 2.05) is 30.3 Å². The Morgan fingerprint density at radius 2 is 1.77 bits per heavy atom. The monoisotopic (exact) mass is 477 g/mol. The smallest absolute Gasteiger partial charge is 0.307 e. The average Bonchev–Trinajstić information content (AvgIpc) is 2.90. The van der Waals surface area contributed by atoms with Crippen LogP contribution in [0.3, 0.4) is 0 Å². The van der Waals surface area contributed by atoms with Gasteiger partial charge in [-0.2, -0.15) is 0 Å². The van der Waals surface area contributed by atoms with Gasteiger partial charge < -0.3 is 18.9 Å². The molecule has 0 radical (unpaired) electrons. The van der Waals surface area contributed by atoms with Crippen LogP contribution in [0.25, 0.3) is 11.0 Å². The summed E-state index contributed by atoms with van der Waals surface area (Å²) in [6.07, 6.45) is 0.892. The third-order valence-corrected chi connectivity index (χ3v) is 6.12. The SMILES string of the molecule is CCCCn1c(=O)c(CCC(=O)OC(C(=O)N2CCOCC2)c2ccccc2)nc2ccccc21. The van der Waals surface area contributed by atoms with E-state index in [0.29, 0.717) is 44.1 Å². The second kappa shape index (κ2) is 11.8. The van der Waals surface area contributed by atoms with Gasteiger partial charge in [0.1, 0.15) is 5.69 Å². The van der Waals surface area contributed by atoms with Crippen molar-refractivity contribution in [1.82, 2.24) is 14.5 Å². The molecule has 0 aliphatic carbocycles. The lowest BCUT2D eigenvalue weighted by atomic mass is 10.1. The molecule has 8 nitrogen and oxygen atoms in total. The maximum absolute atomic E-state index is 13.2. The number of morpholine rings is 1. The van der Waals surface area contributed by atoms with Gasteiger partial charge in [-0.15, -0.1) is 0 Å². The van der Waals surface area contributed by atoms with Crippen LogP contribution in [-0.2, 0) is 32.0 Å². The van der Waals surface area contributed by atoms with Gasteiger partial charge in [0.05, 0.1) is 30.7 Å². The van der Waals surface area contributed by atoms with Crippen molar-refractivity contribution in [2.24, 2.45) is 0 Å². The molecule has 1 amide bonds. The molecule has 2 heterocycles. The van der Waals surface area contributed by atoms with Gasteiger partial charge in [0.15, 0.2) is 0 Å². The van der Waals surface area contributed by atoms with Crippen LogP contribution in [-0.4, -0.2) is 52.6 Å². The van der Waals surface area contributed by atoms with Crippen LogP contribution in [0.5, 0.6) is 0 Å². The minimum atomic E-state index is -1.03. The molecule has 1 aromatic heterocycles. The average molecular weight is 478 g/mol. The molecular weight excluding hydrogens is 446 g/mol. The van der Waals surface area contributed by atoms with Gasteiger partial charge in [0.2, 0.25) is 6.10 Å². The number of carbonyl (C=O) groups is 2. The quantitative estimate of drug-likeness (QED) is 0.440. The van der Waals surface area contributed by atoms with E-state index in [9.17, 15) is 14.4 Å². The Morgan fingerprint density at radius 3 is 2.51 bits per heavy atom. The fourth-order valence-electron chi connectivity index (χ4n) is 4.20. The summed E-state index contributed by atoms with van der Waals surface area (Å²) in [5, 5.41) is 0. The second-order valence-electron chi connectivity index (χ2n) is 8.58. The van der Waals surface area contributed by atoms with E-state index in [1.54, 1.807) is 33.7 Å². The van der Waals surface area contributed by atoms with E-state index < -0.39 is 12.1 Å². The molecule has 1 aliphatic rings. The van der Waals surface area contributed by atoms with Crippen LogP contribution in [0.4, 0.5) is 0 Å². The van der Waals surface area contributed by atoms with Gasteiger partial charge in [0, 0.05) is 31.6 Å². The lowest BCUT2D eigenvalue weighted by Gasteiger charge is -2.30. The van der Waals surface area contributed by atoms with Crippen LogP contribution >= 0.6 is 0 Å². The maximum atomic E-state index is 13.2. The summed E-state index contributed by atoms with van der Waals surface area (Å²) in [7, 11) is 0. The third kappa shape index (κ3) is 5.95. The number of benzene rings is 2. The number of esters is 1. The Labute approximate surface area is 204 Å². The zero-order chi connectivity index (χ0) is 24.6. The first-order valence-electron chi connectivity index (χ1n) is 12.2. The number of aromatic nitrogens is 2. The van der Waals surface area contributed by atoms with Gasteiger partial charge in [0.25, 0.3) is 11.5 Å². The van der Waals surface area contributed by atoms with Crippen molar-refractivity contribution in [3.8, 4) is 0 Å². The van der Waals surface area contributed by atoms with Crippen molar-refractivity contribution in [3.05, 3.63) is 76.2 Å². The first-order chi connectivity index (χ1) is 17.1. The summed E-state index contributed by atoms with van der Waals surface area (Å²) in [5.41, 5.74) is 2.26. The second-order valence-corrected chi connectivity index (χ2v) is 8.58. The number of para-hydroxylation sites is 2. The highest BCUT2D eigenvalue weighted by Crippen LogP contribution is 2.22. The predicted octanol–water partition coefficient (Wildman–Crippen LogP) is 3.27. The topological polar surface area (TPSA) is 90.7 Å². The molecule has 0 saturated carbocycles. The van der Waals surface area contributed by atoms with E-state index in [1.165, 1.54) is 0 Å². The van der Waals surface area contributed by atoms with Gasteiger partial charge in [-0.05, 0) is 18.6 Å². The fraction of sp³-hybridized carbons (Fsp3) is 0.407. The molecular formula is C27H31N3O5. The van der Waals surface area contributed by atoms with E-state index in [2.05, 4.69) is 11.9 Å². The molecule has 0 spiro atoms. The molecule has 1 saturated heterocycles. The molecule has 0 N–H and O–H groups in total. The van der Waals surface area contributed by atoms with Crippen LogP contribution < -0.4 is 5.56 Å². The number of rotatable bonds is 9. The lowest BCUT2D eigenvalue weighted by Crippen LogP contribution is -2.44. The maximum Gasteiger partial charge on any atom is 0.307 e. The van der Waals surface area contributed by atoms with Crippen molar-refractivity contribution in [1.29, 1.82) is 0 Å². The highest BCUT2D eigenvalue weighted by Gasteiger charge is 2.30. The molecule has 184 valence electrons. The molecule has 35 heavy (non-hydrogen) atoms. The zero-order valence-electron chi connectivity index (χ0n) is 20.0. The van der Waals surface area contributed by atoms with E-state index in [0.717, 1.165) is 23.9 Å². The van der Waals surface area contributed by atoms with Crippen molar-refractivity contribution >= 4 is 22.9 Å². The van der Waals surface area contributed by atoms with Crippen molar-refractivity contribution in [2.75, 3.05) is 26.3 Å². The van der Waals surface area contributed by atoms with E-state index >= 15 is 0 Å². The summed E-state index contributed by atoms with van der Waals surface area (Å²) in [4.78, 5) is 45.4. The van der Waals surface area contributed by atoms with E-state index in [4.69, 9.17) is 9.47 Å². The lowest BCUT2D eigenvalue weighted by molar-refractivity contribution is -0.162. The number of carbonyl (C=O) groups excluding carboxylic acids is 2. The Kier molecular flexibility index (Phi) is 8.26. The summed E-state index contributed by atoms with van der Waals surface area (Å²) in [6.45, 7) is 4.50. The first kappa shape index (κ1) is 24.6. The standard InChI is InChI=1S/C27H31N3O5/c1-2-3-15-30-23-12-8-7-11-21(23)28-22(26(30)32)13-14-24(31)35-25(20-9-5-4-6-10-20)27(33)29-16-18-34-19-17-29/h4-12,25H,2-3,13-19H2,1H3. The largest absolute Gasteiger partial charge is 0.447 e. The number of hydrogen-bond acceptors (Lipinski definition) is 6. The fourth-order valence-corrected chi connectivity index (χ4v) is 4.20. The number of unbranched alkanes of at least 4 members (excludes halogenated alkanes) is 1. The molecule has 1 atom stereocenters. The molecule has 4 rings (SSSR count). The highest BCUT2D eigenvalue weighted by molar-refractivity contribution is 5.85. The van der Waals surface area contributed by atoms with Gasteiger partial charge in [-0.3, -0.25) is 14.4 Å². The number of fused-ring (bicyclic) bond motifs is 1. The summed E-state index contributed by atoms with van der Waals surface area (Å²) in [5.74, 6) is -0.812. The van der Waals surface area contributed by atoms with Crippen LogP contribution in [0, 0.1) is 0 Å². The number of hydrogen-bond donors (Lipinski definition) is 0. The molecule has 2 aromatic carbocycles. The molecule has 3 aromatic rings. The zero-order valence-corrected chi connectivity index (χ0v) is 20.0. The van der Waals surface area contributed by atoms with E-state index in [-0.39, 0.29) is 24.3 Å². The van der Waals surface area contributed by atoms with Gasteiger partial charge in [-0.1, -0.05) is 55.8 Å². The predicted molar refractivity (Wildman–Crippen MR) is 132 cm³/mol. The number of aryl methyl sites for hydroxylation is 2. The Balaban J connectivity index is 1.51. The van der Waals surface area contributed by atoms with Crippen LogP contribution in [0.2, 0.25) is 0 Å². The molecule has 1 aliphatic heterocycles. The number of ether oxygens (including phenoxy) is 2. The van der Waals surface area contributed by atoms with Gasteiger partial charge in [-0.25, -0.2) is 4.98 Å². The molecule has 8 heteroatoms. The number of nitrogens with zero attached hydrogens (tertiary/aromatic N) is 3. The summed E-state index contributed by atoms with van der Waals surface area (Å²) >= 11 is 0. The van der Waals surface area contributed by atoms with Gasteiger partial charge >= 0.3 is 5.97 Å². The summed E-state index contributed by atoms with van der Waals surface area (Å²) in [6, 6.07) is 16.5. The molecule has 0 bridgehead atoms. The van der Waals surface area contributed by atoms with Crippen molar-refractivity contribution < 1.29 is 19.1 Å². The Hall–Kier alpha value is -3.52. The Morgan fingerprint density at radius 1 is 1.06 bits per heavy atom. The minimum absolute atomic E-state index is 0.0475. The normalized spacial score (nSPS) is 14.6. The van der Waals surface area contributed by atoms with Crippen molar-refractivity contribution in [3.63, 3.8) is 0 Å². The van der Waals surface area contributed by atoms with Crippen LogP contribution in [0.15, 0.2) is 59.4 Å². The molecule has 1 unspecified atom stereocenters. The Bertz CT molecular complexity index is 1220.